The minimum atomic E-state index is -1.43. The van der Waals surface area contributed by atoms with Gasteiger partial charge in [-0.25, -0.2) is 0 Å². The van der Waals surface area contributed by atoms with Crippen LogP contribution in [0.5, 0.6) is 5.75 Å². The van der Waals surface area contributed by atoms with Gasteiger partial charge in [-0.1, -0.05) is 12.1 Å². The Morgan fingerprint density at radius 2 is 2.14 bits per heavy atom. The van der Waals surface area contributed by atoms with Crippen LogP contribution < -0.4 is 10.5 Å². The summed E-state index contributed by atoms with van der Waals surface area (Å²) < 4.78 is 10.9. The Labute approximate surface area is 126 Å². The lowest BCUT2D eigenvalue weighted by molar-refractivity contribution is -0.130. The normalized spacial score (nSPS) is 21.6. The van der Waals surface area contributed by atoms with Crippen molar-refractivity contribution in [1.82, 2.24) is 0 Å². The van der Waals surface area contributed by atoms with Crippen molar-refractivity contribution in [1.29, 1.82) is 0 Å². The minimum Gasteiger partial charge on any atom is -0.497 e. The molecular weight excluding hydrogens is 286 g/mol. The topological polar surface area (TPSA) is 61.6 Å². The van der Waals surface area contributed by atoms with Crippen LogP contribution in [0.25, 0.3) is 5.57 Å². The molecule has 0 fully saturated rings. The molecule has 0 amide bonds. The van der Waals surface area contributed by atoms with Crippen LogP contribution >= 0.6 is 11.3 Å². The second kappa shape index (κ2) is 5.02. The minimum absolute atomic E-state index is 0.230. The molecule has 2 aromatic rings. The van der Waals surface area contributed by atoms with Gasteiger partial charge in [-0.3, -0.25) is 10.5 Å². The van der Waals surface area contributed by atoms with E-state index in [1.54, 1.807) is 20.1 Å². The number of carbonyl (C=O) groups is 1. The van der Waals surface area contributed by atoms with Crippen LogP contribution in [0.4, 0.5) is 0 Å². The number of hydrogen-bond donors (Lipinski definition) is 1. The second-order valence-electron chi connectivity index (χ2n) is 4.84. The lowest BCUT2D eigenvalue weighted by Crippen LogP contribution is -2.43. The van der Waals surface area contributed by atoms with Gasteiger partial charge in [-0.2, -0.15) is 11.3 Å². The number of allylic oxidation sites excluding steroid dienone is 1. The first-order valence-corrected chi connectivity index (χ1v) is 7.41. The SMILES string of the molecule is COc1cccc(C2=C(C)OC(N)(c3ccsc3)C2=O)c1. The average molecular weight is 301 g/mol. The van der Waals surface area contributed by atoms with Gasteiger partial charge in [0, 0.05) is 5.56 Å². The second-order valence-corrected chi connectivity index (χ2v) is 5.62. The van der Waals surface area contributed by atoms with Crippen molar-refractivity contribution in [3.05, 3.63) is 58.0 Å². The van der Waals surface area contributed by atoms with Crippen molar-refractivity contribution in [2.45, 2.75) is 12.6 Å². The van der Waals surface area contributed by atoms with Crippen molar-refractivity contribution in [2.75, 3.05) is 7.11 Å². The van der Waals surface area contributed by atoms with Gasteiger partial charge in [-0.05, 0) is 41.4 Å². The quantitative estimate of drug-likeness (QED) is 0.947. The van der Waals surface area contributed by atoms with Gasteiger partial charge >= 0.3 is 0 Å². The van der Waals surface area contributed by atoms with Crippen LogP contribution in [0.2, 0.25) is 0 Å². The maximum atomic E-state index is 12.8. The molecule has 5 heteroatoms. The number of Topliss-reactive ketones (excluding diaryl/α,β-unsaturated/α-hetero) is 1. The molecule has 1 aliphatic rings. The number of benzene rings is 1. The fourth-order valence-corrected chi connectivity index (χ4v) is 3.17. The maximum Gasteiger partial charge on any atom is 0.249 e. The first-order valence-electron chi connectivity index (χ1n) is 6.47. The van der Waals surface area contributed by atoms with E-state index in [-0.39, 0.29) is 5.78 Å². The van der Waals surface area contributed by atoms with Crippen LogP contribution in [0, 0.1) is 0 Å². The number of carbonyl (C=O) groups excluding carboxylic acids is 1. The fraction of sp³-hybridized carbons (Fsp3) is 0.188. The van der Waals surface area contributed by atoms with Gasteiger partial charge < -0.3 is 9.47 Å². The number of nitrogens with two attached hydrogens (primary N) is 1. The van der Waals surface area contributed by atoms with Gasteiger partial charge in [0.1, 0.15) is 11.5 Å². The van der Waals surface area contributed by atoms with E-state index in [9.17, 15) is 4.79 Å². The van der Waals surface area contributed by atoms with E-state index in [0.717, 1.165) is 5.56 Å². The average Bonchev–Trinajstić information content (AvgIpc) is 3.08. The highest BCUT2D eigenvalue weighted by molar-refractivity contribution is 7.08. The molecule has 21 heavy (non-hydrogen) atoms. The highest BCUT2D eigenvalue weighted by atomic mass is 32.1. The molecule has 4 nitrogen and oxygen atoms in total. The van der Waals surface area contributed by atoms with Crippen LogP contribution in [0.1, 0.15) is 18.1 Å². The lowest BCUT2D eigenvalue weighted by atomic mass is 9.93. The number of hydrogen-bond acceptors (Lipinski definition) is 5. The molecule has 1 aliphatic heterocycles. The molecule has 1 aromatic carbocycles. The summed E-state index contributed by atoms with van der Waals surface area (Å²) in [7, 11) is 1.59. The monoisotopic (exact) mass is 301 g/mol. The van der Waals surface area contributed by atoms with Gasteiger partial charge in [0.2, 0.25) is 11.5 Å². The van der Waals surface area contributed by atoms with E-state index >= 15 is 0 Å². The number of thiophene rings is 1. The Morgan fingerprint density at radius 1 is 1.33 bits per heavy atom. The molecule has 1 unspecified atom stereocenters. The Hall–Kier alpha value is -2.11. The predicted molar refractivity (Wildman–Crippen MR) is 81.9 cm³/mol. The van der Waals surface area contributed by atoms with Crippen molar-refractivity contribution < 1.29 is 14.3 Å². The molecule has 0 bridgehead atoms. The van der Waals surface area contributed by atoms with Crippen LogP contribution in [-0.4, -0.2) is 12.9 Å². The maximum absolute atomic E-state index is 12.8. The van der Waals surface area contributed by atoms with Crippen molar-refractivity contribution >= 4 is 22.7 Å². The molecule has 3 rings (SSSR count). The summed E-state index contributed by atoms with van der Waals surface area (Å²) in [5.74, 6) is 0.985. The van der Waals surface area contributed by atoms with Crippen LogP contribution in [-0.2, 0) is 15.3 Å². The molecular formula is C16H15NO3S. The third-order valence-electron chi connectivity index (χ3n) is 3.54. The van der Waals surface area contributed by atoms with Crippen LogP contribution in [0.3, 0.4) is 0 Å². The third-order valence-corrected chi connectivity index (χ3v) is 4.22. The van der Waals surface area contributed by atoms with Gasteiger partial charge in [0.05, 0.1) is 12.7 Å². The summed E-state index contributed by atoms with van der Waals surface area (Å²) in [6, 6.07) is 9.13. The Bertz CT molecular complexity index is 721. The van der Waals surface area contributed by atoms with E-state index in [2.05, 4.69) is 0 Å². The van der Waals surface area contributed by atoms with Gasteiger partial charge in [0.25, 0.3) is 0 Å². The standard InChI is InChI=1S/C16H15NO3S/c1-10-14(11-4-3-5-13(8-11)19-2)15(18)16(17,20-10)12-6-7-21-9-12/h3-9H,17H2,1-2H3. The summed E-state index contributed by atoms with van der Waals surface area (Å²) in [6.07, 6.45) is 0. The zero-order chi connectivity index (χ0) is 15.0. The van der Waals surface area contributed by atoms with Crippen LogP contribution in [0.15, 0.2) is 46.9 Å². The molecule has 0 saturated carbocycles. The van der Waals surface area contributed by atoms with E-state index in [0.29, 0.717) is 22.6 Å². The van der Waals surface area contributed by atoms with Crippen molar-refractivity contribution in [3.63, 3.8) is 0 Å². The van der Waals surface area contributed by atoms with E-state index in [4.69, 9.17) is 15.2 Å². The van der Waals surface area contributed by atoms with E-state index < -0.39 is 5.72 Å². The van der Waals surface area contributed by atoms with Crippen molar-refractivity contribution in [3.8, 4) is 5.75 Å². The molecule has 2 N–H and O–H groups in total. The lowest BCUT2D eigenvalue weighted by Gasteiger charge is -2.21. The number of ketones is 1. The summed E-state index contributed by atoms with van der Waals surface area (Å²) in [6.45, 7) is 1.76. The molecule has 0 spiro atoms. The summed E-state index contributed by atoms with van der Waals surface area (Å²) in [5.41, 5.74) is 6.72. The summed E-state index contributed by atoms with van der Waals surface area (Å²) >= 11 is 1.48. The molecule has 1 atom stereocenters. The highest BCUT2D eigenvalue weighted by Crippen LogP contribution is 2.40. The number of ether oxygens (including phenoxy) is 2. The molecule has 1 aromatic heterocycles. The van der Waals surface area contributed by atoms with E-state index in [1.165, 1.54) is 11.3 Å². The zero-order valence-corrected chi connectivity index (χ0v) is 12.6. The van der Waals surface area contributed by atoms with Crippen molar-refractivity contribution in [2.24, 2.45) is 5.73 Å². The number of methoxy groups -OCH3 is 1. The molecule has 0 radical (unpaired) electrons. The molecule has 0 aliphatic carbocycles. The van der Waals surface area contributed by atoms with E-state index in [1.807, 2.05) is 35.0 Å². The summed E-state index contributed by atoms with van der Waals surface area (Å²) in [4.78, 5) is 12.8. The largest absolute Gasteiger partial charge is 0.497 e. The predicted octanol–water partition coefficient (Wildman–Crippen LogP) is 2.90. The Morgan fingerprint density at radius 3 is 2.81 bits per heavy atom. The molecule has 2 heterocycles. The first-order chi connectivity index (χ1) is 10.1. The summed E-state index contributed by atoms with van der Waals surface area (Å²) in [5, 5.41) is 3.71. The smallest absolute Gasteiger partial charge is 0.249 e. The molecule has 108 valence electrons. The highest BCUT2D eigenvalue weighted by Gasteiger charge is 2.47. The fourth-order valence-electron chi connectivity index (χ4n) is 2.46. The Kier molecular flexibility index (Phi) is 3.31. The van der Waals surface area contributed by atoms with Gasteiger partial charge in [0.15, 0.2) is 0 Å². The Balaban J connectivity index is 2.04. The zero-order valence-electron chi connectivity index (χ0n) is 11.8. The third kappa shape index (κ3) is 2.14. The first kappa shape index (κ1) is 13.9. The van der Waals surface area contributed by atoms with Gasteiger partial charge in [-0.15, -0.1) is 0 Å². The number of rotatable bonds is 3. The molecule has 0 saturated heterocycles.